The van der Waals surface area contributed by atoms with Crippen LogP contribution < -0.4 is 9.64 Å². The van der Waals surface area contributed by atoms with Gasteiger partial charge in [-0.2, -0.15) is 15.3 Å². The van der Waals surface area contributed by atoms with Gasteiger partial charge in [0, 0.05) is 23.9 Å². The van der Waals surface area contributed by atoms with E-state index in [2.05, 4.69) is 54.6 Å². The van der Waals surface area contributed by atoms with Crippen molar-refractivity contribution in [3.8, 4) is 5.75 Å². The van der Waals surface area contributed by atoms with E-state index in [0.29, 0.717) is 0 Å². The Hall–Kier alpha value is -4.76. The van der Waals surface area contributed by atoms with E-state index in [-0.39, 0.29) is 0 Å². The predicted octanol–water partition coefficient (Wildman–Crippen LogP) is 13.9. The number of rotatable bonds is 15. The summed E-state index contributed by atoms with van der Waals surface area (Å²) >= 11 is 1.70. The van der Waals surface area contributed by atoms with E-state index in [1.54, 1.807) is 11.3 Å². The van der Waals surface area contributed by atoms with Crippen LogP contribution in [0.3, 0.4) is 0 Å². The maximum atomic E-state index is 5.87. The van der Waals surface area contributed by atoms with Gasteiger partial charge in [-0.3, -0.25) is 0 Å². The van der Waals surface area contributed by atoms with Crippen LogP contribution in [0.1, 0.15) is 64.7 Å². The van der Waals surface area contributed by atoms with Crippen molar-refractivity contribution >= 4 is 60.5 Å². The van der Waals surface area contributed by atoms with Gasteiger partial charge in [-0.25, -0.2) is 0 Å². The summed E-state index contributed by atoms with van der Waals surface area (Å²) < 4.78 is 5.87. The summed E-state index contributed by atoms with van der Waals surface area (Å²) in [5.74, 6) is 0.865. The quantitative estimate of drug-likeness (QED) is 0.0828. The number of hydrogen-bond donors (Lipinski definition) is 0. The molecule has 0 N–H and O–H groups in total. The van der Waals surface area contributed by atoms with Gasteiger partial charge in [0.15, 0.2) is 0 Å². The highest BCUT2D eigenvalue weighted by atomic mass is 32.1. The molecular formula is C39H43N7OS. The molecule has 1 aliphatic rings. The van der Waals surface area contributed by atoms with Gasteiger partial charge >= 0.3 is 0 Å². The van der Waals surface area contributed by atoms with E-state index >= 15 is 0 Å². The molecule has 0 radical (unpaired) electrons. The van der Waals surface area contributed by atoms with Crippen LogP contribution in [0.25, 0.3) is 10.8 Å². The molecule has 48 heavy (non-hydrogen) atoms. The average Bonchev–Trinajstić information content (AvgIpc) is 3.62. The van der Waals surface area contributed by atoms with E-state index in [1.165, 1.54) is 56.4 Å². The number of ether oxygens (including phenoxy) is 1. The Morgan fingerprint density at radius 1 is 0.562 bits per heavy atom. The third-order valence-electron chi connectivity index (χ3n) is 8.39. The Labute approximate surface area is 287 Å². The molecule has 0 saturated carbocycles. The fourth-order valence-electron chi connectivity index (χ4n) is 5.70. The number of benzene rings is 4. The molecule has 0 aliphatic carbocycles. The monoisotopic (exact) mass is 657 g/mol. The highest BCUT2D eigenvalue weighted by molar-refractivity contribution is 7.19. The zero-order valence-electron chi connectivity index (χ0n) is 27.7. The average molecular weight is 658 g/mol. The van der Waals surface area contributed by atoms with Gasteiger partial charge < -0.3 is 9.64 Å². The van der Waals surface area contributed by atoms with Crippen LogP contribution in [-0.4, -0.2) is 19.7 Å². The zero-order valence-corrected chi connectivity index (χ0v) is 28.5. The van der Waals surface area contributed by atoms with Crippen molar-refractivity contribution in [2.24, 2.45) is 30.7 Å². The number of piperidine rings is 1. The van der Waals surface area contributed by atoms with E-state index in [0.717, 1.165) is 76.1 Å². The van der Waals surface area contributed by atoms with Gasteiger partial charge in [0.25, 0.3) is 0 Å². The van der Waals surface area contributed by atoms with E-state index < -0.39 is 0 Å². The summed E-state index contributed by atoms with van der Waals surface area (Å²) in [4.78, 5) is 2.45. The SMILES string of the molecule is CCCCCCCCOc1ccc(N=Nc2ccc(N=Nc3ccc(N=Nc4ccc(N5CCCCC5)s4)c4ccccc34)cc2)cc1. The number of anilines is 1. The summed E-state index contributed by atoms with van der Waals surface area (Å²) in [5.41, 5.74) is 3.83. The minimum Gasteiger partial charge on any atom is -0.494 e. The first-order valence-electron chi connectivity index (χ1n) is 17.2. The number of nitrogens with zero attached hydrogens (tertiary/aromatic N) is 7. The molecule has 1 aliphatic heterocycles. The van der Waals surface area contributed by atoms with E-state index in [9.17, 15) is 0 Å². The second-order valence-electron chi connectivity index (χ2n) is 12.0. The fraction of sp³-hybridized carbons (Fsp3) is 0.333. The molecule has 1 saturated heterocycles. The number of hydrogen-bond acceptors (Lipinski definition) is 9. The minimum absolute atomic E-state index is 0.732. The van der Waals surface area contributed by atoms with Gasteiger partial charge in [0.05, 0.1) is 40.0 Å². The molecule has 8 nitrogen and oxygen atoms in total. The predicted molar refractivity (Wildman–Crippen MR) is 199 cm³/mol. The first-order chi connectivity index (χ1) is 23.7. The second-order valence-corrected chi connectivity index (χ2v) is 13.1. The van der Waals surface area contributed by atoms with Crippen LogP contribution in [0.2, 0.25) is 0 Å². The van der Waals surface area contributed by atoms with Gasteiger partial charge in [0.2, 0.25) is 0 Å². The lowest BCUT2D eigenvalue weighted by molar-refractivity contribution is 0.304. The lowest BCUT2D eigenvalue weighted by Crippen LogP contribution is -2.28. The van der Waals surface area contributed by atoms with Crippen LogP contribution in [0.15, 0.2) is 128 Å². The zero-order chi connectivity index (χ0) is 32.8. The highest BCUT2D eigenvalue weighted by Crippen LogP contribution is 2.38. The topological polar surface area (TPSA) is 86.6 Å². The van der Waals surface area contributed by atoms with Crippen molar-refractivity contribution in [2.75, 3.05) is 24.6 Å². The third kappa shape index (κ3) is 9.41. The smallest absolute Gasteiger partial charge is 0.140 e. The molecule has 4 aromatic carbocycles. The van der Waals surface area contributed by atoms with Crippen LogP contribution in [0, 0.1) is 0 Å². The first-order valence-corrected chi connectivity index (χ1v) is 18.0. The van der Waals surface area contributed by atoms with Crippen LogP contribution in [-0.2, 0) is 0 Å². The fourth-order valence-corrected chi connectivity index (χ4v) is 6.57. The Balaban J connectivity index is 1.04. The van der Waals surface area contributed by atoms with E-state index in [1.807, 2.05) is 84.9 Å². The van der Waals surface area contributed by atoms with Gasteiger partial charge in [-0.15, -0.1) is 15.3 Å². The van der Waals surface area contributed by atoms with Crippen molar-refractivity contribution < 1.29 is 4.74 Å². The lowest BCUT2D eigenvalue weighted by Gasteiger charge is -2.26. The maximum Gasteiger partial charge on any atom is 0.140 e. The number of thiophene rings is 1. The van der Waals surface area contributed by atoms with Crippen molar-refractivity contribution in [3.05, 3.63) is 97.1 Å². The molecule has 9 heteroatoms. The number of unbranched alkanes of at least 4 members (excludes halogenated alkanes) is 5. The van der Waals surface area contributed by atoms with Gasteiger partial charge in [-0.1, -0.05) is 74.6 Å². The molecule has 0 spiro atoms. The molecule has 0 unspecified atom stereocenters. The summed E-state index contributed by atoms with van der Waals surface area (Å²) in [6, 6.07) is 31.5. The summed E-state index contributed by atoms with van der Waals surface area (Å²) in [6.45, 7) is 5.24. The van der Waals surface area contributed by atoms with E-state index in [4.69, 9.17) is 4.74 Å². The minimum atomic E-state index is 0.732. The molecule has 6 rings (SSSR count). The van der Waals surface area contributed by atoms with Crippen molar-refractivity contribution in [3.63, 3.8) is 0 Å². The van der Waals surface area contributed by atoms with Crippen molar-refractivity contribution in [1.29, 1.82) is 0 Å². The first kappa shape index (κ1) is 33.2. The molecular weight excluding hydrogens is 615 g/mol. The molecule has 1 fully saturated rings. The number of azo groups is 3. The normalized spacial score (nSPS) is 13.8. The van der Waals surface area contributed by atoms with Gasteiger partial charge in [-0.05, 0) is 98.5 Å². The summed E-state index contributed by atoms with van der Waals surface area (Å²) in [5, 5.41) is 31.2. The molecule has 0 bridgehead atoms. The lowest BCUT2D eigenvalue weighted by atomic mass is 10.1. The molecule has 2 heterocycles. The maximum absolute atomic E-state index is 5.87. The van der Waals surface area contributed by atoms with Crippen LogP contribution >= 0.6 is 11.3 Å². The standard InChI is InChI=1S/C39H43N7OS/c1-2-3-4-5-6-12-29-47-33-21-19-32(20-22-33)41-40-30-15-17-31(18-16-30)42-43-36-23-24-37(35-14-9-8-13-34(35)36)44-45-38-25-26-39(48-38)46-27-10-7-11-28-46/h8-9,13-26H,2-7,10-12,27-29H2,1H3. The highest BCUT2D eigenvalue weighted by Gasteiger charge is 2.13. The largest absolute Gasteiger partial charge is 0.494 e. The second kappa shape index (κ2) is 17.4. The Bertz CT molecular complexity index is 1820. The molecule has 5 aromatic rings. The Kier molecular flexibility index (Phi) is 12.0. The molecule has 246 valence electrons. The summed E-state index contributed by atoms with van der Waals surface area (Å²) in [6.07, 6.45) is 11.4. The van der Waals surface area contributed by atoms with Crippen LogP contribution in [0.4, 0.5) is 38.4 Å². The van der Waals surface area contributed by atoms with Crippen molar-refractivity contribution in [1.82, 2.24) is 0 Å². The molecule has 0 atom stereocenters. The molecule has 0 amide bonds. The number of fused-ring (bicyclic) bond motifs is 1. The Morgan fingerprint density at radius 2 is 1.12 bits per heavy atom. The van der Waals surface area contributed by atoms with Crippen molar-refractivity contribution in [2.45, 2.75) is 64.7 Å². The third-order valence-corrected chi connectivity index (χ3v) is 9.42. The van der Waals surface area contributed by atoms with Crippen LogP contribution in [0.5, 0.6) is 5.75 Å². The Morgan fingerprint density at radius 3 is 1.77 bits per heavy atom. The van der Waals surface area contributed by atoms with Gasteiger partial charge in [0.1, 0.15) is 10.8 Å². The summed E-state index contributed by atoms with van der Waals surface area (Å²) in [7, 11) is 0. The molecule has 1 aromatic heterocycles.